The van der Waals surface area contributed by atoms with Gasteiger partial charge in [-0.05, 0) is 63.9 Å². The molecule has 0 fully saturated rings. The fourth-order valence-electron chi connectivity index (χ4n) is 4.29. The number of nitrogens with zero attached hydrogens (tertiary/aromatic N) is 4. The lowest BCUT2D eigenvalue weighted by Crippen LogP contribution is -2.07. The van der Waals surface area contributed by atoms with Gasteiger partial charge in [0.1, 0.15) is 22.2 Å². The highest BCUT2D eigenvalue weighted by atomic mass is 32.1. The quantitative estimate of drug-likeness (QED) is 0.375. The lowest BCUT2D eigenvalue weighted by molar-refractivity contribution is -0.116. The summed E-state index contributed by atoms with van der Waals surface area (Å²) in [6, 6.07) is 9.42. The van der Waals surface area contributed by atoms with E-state index in [4.69, 9.17) is 14.8 Å². The maximum absolute atomic E-state index is 11.9. The lowest BCUT2D eigenvalue weighted by Gasteiger charge is -2.16. The number of carbonyl (C=O) groups excluding carboxylic acids is 2. The van der Waals surface area contributed by atoms with Gasteiger partial charge in [-0.1, -0.05) is 0 Å². The molecule has 0 atom stereocenters. The van der Waals surface area contributed by atoms with E-state index in [9.17, 15) is 9.59 Å². The van der Waals surface area contributed by atoms with Crippen molar-refractivity contribution < 1.29 is 14.3 Å². The van der Waals surface area contributed by atoms with Crippen molar-refractivity contribution in [1.29, 1.82) is 0 Å². The molecule has 34 heavy (non-hydrogen) atoms. The molecule has 3 aromatic heterocycles. The molecule has 7 nitrogen and oxygen atoms in total. The van der Waals surface area contributed by atoms with E-state index in [-0.39, 0.29) is 11.6 Å². The molecule has 0 unspecified atom stereocenters. The number of hydrogen-bond donors (Lipinski definition) is 0. The highest BCUT2D eigenvalue weighted by molar-refractivity contribution is 7.15. The summed E-state index contributed by atoms with van der Waals surface area (Å²) in [4.78, 5) is 34.0. The molecule has 3 heterocycles. The summed E-state index contributed by atoms with van der Waals surface area (Å²) in [6.07, 6.45) is 3.74. The molecule has 1 aliphatic carbocycles. The highest BCUT2D eigenvalue weighted by Gasteiger charge is 2.30. The topological polar surface area (TPSA) is 87.0 Å². The van der Waals surface area contributed by atoms with Crippen LogP contribution in [0.5, 0.6) is 5.75 Å². The van der Waals surface area contributed by atoms with Crippen LogP contribution in [0.4, 0.5) is 0 Å². The Labute approximate surface area is 201 Å². The van der Waals surface area contributed by atoms with Crippen LogP contribution in [0.15, 0.2) is 36.5 Å². The first-order chi connectivity index (χ1) is 16.4. The Kier molecular flexibility index (Phi) is 5.61. The number of thiazole rings is 1. The molecule has 8 heteroatoms. The van der Waals surface area contributed by atoms with E-state index in [2.05, 4.69) is 4.98 Å². The number of carbonyl (C=O) groups is 2. The second-order valence-electron chi connectivity index (χ2n) is 8.48. The number of fused-ring (bicyclic) bond motifs is 3. The van der Waals surface area contributed by atoms with E-state index in [0.717, 1.165) is 62.3 Å². The Morgan fingerprint density at radius 2 is 1.97 bits per heavy atom. The Bertz CT molecular complexity index is 1430. The van der Waals surface area contributed by atoms with Crippen molar-refractivity contribution in [3.05, 3.63) is 64.1 Å². The van der Waals surface area contributed by atoms with Gasteiger partial charge in [-0.25, -0.2) is 9.67 Å². The molecule has 1 aromatic carbocycles. The van der Waals surface area contributed by atoms with Gasteiger partial charge in [-0.2, -0.15) is 5.10 Å². The van der Waals surface area contributed by atoms with Crippen LogP contribution in [0.2, 0.25) is 0 Å². The Morgan fingerprint density at radius 1 is 1.15 bits per heavy atom. The molecule has 172 valence electrons. The molecule has 0 bridgehead atoms. The Balaban J connectivity index is 1.76. The summed E-state index contributed by atoms with van der Waals surface area (Å²) in [5.74, 6) is 0.622. The summed E-state index contributed by atoms with van der Waals surface area (Å²) in [5, 5.41) is 5.85. The van der Waals surface area contributed by atoms with Crippen LogP contribution in [0.3, 0.4) is 0 Å². The van der Waals surface area contributed by atoms with Crippen LogP contribution in [-0.4, -0.2) is 38.4 Å². The van der Waals surface area contributed by atoms with Gasteiger partial charge in [0.05, 0.1) is 35.5 Å². The summed E-state index contributed by atoms with van der Waals surface area (Å²) < 4.78 is 7.57. The van der Waals surface area contributed by atoms with Crippen LogP contribution in [0.1, 0.15) is 46.2 Å². The number of aromatic nitrogens is 4. The standard InChI is InChI=1S/C26H24N4O3S/c1-14-5-6-18(13-27-14)24-19-8-9-20-26(34-23(28-20)11-15(2)31)25(19)30(29-24)21-10-7-17(16(3)32)12-22(21)33-4/h5-7,10,12-13H,8-9,11H2,1-4H3. The molecule has 0 radical (unpaired) electrons. The molecule has 0 amide bonds. The third-order valence-electron chi connectivity index (χ3n) is 5.95. The zero-order valence-corrected chi connectivity index (χ0v) is 20.3. The molecular weight excluding hydrogens is 448 g/mol. The van der Waals surface area contributed by atoms with Gasteiger partial charge in [-0.15, -0.1) is 11.3 Å². The van der Waals surface area contributed by atoms with Crippen LogP contribution < -0.4 is 4.74 Å². The number of ketones is 2. The molecule has 4 aromatic rings. The van der Waals surface area contributed by atoms with E-state index in [0.29, 0.717) is 17.7 Å². The van der Waals surface area contributed by atoms with E-state index in [1.807, 2.05) is 36.0 Å². The van der Waals surface area contributed by atoms with Crippen LogP contribution >= 0.6 is 11.3 Å². The molecule has 0 N–H and O–H groups in total. The van der Waals surface area contributed by atoms with Crippen LogP contribution in [0, 0.1) is 6.92 Å². The molecule has 0 saturated heterocycles. The normalized spacial score (nSPS) is 12.2. The van der Waals surface area contributed by atoms with Crippen molar-refractivity contribution in [1.82, 2.24) is 19.7 Å². The molecule has 0 saturated carbocycles. The Hall–Kier alpha value is -3.65. The average molecular weight is 473 g/mol. The summed E-state index contributed by atoms with van der Waals surface area (Å²) in [5.41, 5.74) is 7.13. The van der Waals surface area contributed by atoms with Crippen molar-refractivity contribution in [2.75, 3.05) is 7.11 Å². The number of methoxy groups -OCH3 is 1. The van der Waals surface area contributed by atoms with Crippen molar-refractivity contribution in [2.24, 2.45) is 0 Å². The number of aryl methyl sites for hydroxylation is 2. The minimum absolute atomic E-state index is 0.0302. The first kappa shape index (κ1) is 22.2. The number of Topliss-reactive ketones (excluding diaryl/α,β-unsaturated/α-hetero) is 2. The SMILES string of the molecule is COc1cc(C(C)=O)ccc1-n1nc(-c2ccc(C)nc2)c2c1-c1sc(CC(C)=O)nc1CC2. The van der Waals surface area contributed by atoms with Crippen molar-refractivity contribution in [3.8, 4) is 33.3 Å². The number of rotatable bonds is 6. The van der Waals surface area contributed by atoms with Gasteiger partial charge >= 0.3 is 0 Å². The zero-order valence-electron chi connectivity index (χ0n) is 19.5. The van der Waals surface area contributed by atoms with Crippen molar-refractivity contribution >= 4 is 22.9 Å². The number of benzene rings is 1. The maximum Gasteiger partial charge on any atom is 0.159 e. The summed E-state index contributed by atoms with van der Waals surface area (Å²) in [6.45, 7) is 5.08. The minimum Gasteiger partial charge on any atom is -0.494 e. The van der Waals surface area contributed by atoms with Gasteiger partial charge in [0.15, 0.2) is 5.78 Å². The average Bonchev–Trinajstić information content (AvgIpc) is 3.39. The molecular formula is C26H24N4O3S. The third-order valence-corrected chi connectivity index (χ3v) is 7.06. The van der Waals surface area contributed by atoms with Gasteiger partial charge in [0.2, 0.25) is 0 Å². The number of hydrogen-bond acceptors (Lipinski definition) is 7. The van der Waals surface area contributed by atoms with E-state index in [1.54, 1.807) is 37.5 Å². The lowest BCUT2D eigenvalue weighted by atomic mass is 9.95. The summed E-state index contributed by atoms with van der Waals surface area (Å²) in [7, 11) is 1.59. The second kappa shape index (κ2) is 8.61. The van der Waals surface area contributed by atoms with Gasteiger partial charge in [-0.3, -0.25) is 14.6 Å². The zero-order chi connectivity index (χ0) is 24.0. The third kappa shape index (κ3) is 3.84. The van der Waals surface area contributed by atoms with Gasteiger partial charge in [0, 0.05) is 28.6 Å². The summed E-state index contributed by atoms with van der Waals surface area (Å²) >= 11 is 1.54. The number of ether oxygens (including phenoxy) is 1. The van der Waals surface area contributed by atoms with Gasteiger partial charge < -0.3 is 4.74 Å². The van der Waals surface area contributed by atoms with E-state index < -0.39 is 0 Å². The fraction of sp³-hybridized carbons (Fsp3) is 0.269. The predicted molar refractivity (Wildman–Crippen MR) is 131 cm³/mol. The van der Waals surface area contributed by atoms with Crippen molar-refractivity contribution in [2.45, 2.75) is 40.0 Å². The van der Waals surface area contributed by atoms with Crippen LogP contribution in [0.25, 0.3) is 27.5 Å². The smallest absolute Gasteiger partial charge is 0.159 e. The van der Waals surface area contributed by atoms with E-state index >= 15 is 0 Å². The Morgan fingerprint density at radius 3 is 2.65 bits per heavy atom. The largest absolute Gasteiger partial charge is 0.494 e. The minimum atomic E-state index is -0.0302. The first-order valence-corrected chi connectivity index (χ1v) is 11.9. The molecule has 1 aliphatic rings. The second-order valence-corrected chi connectivity index (χ2v) is 9.56. The molecule has 0 spiro atoms. The predicted octanol–water partition coefficient (Wildman–Crippen LogP) is 4.81. The highest BCUT2D eigenvalue weighted by Crippen LogP contribution is 2.44. The van der Waals surface area contributed by atoms with Gasteiger partial charge in [0.25, 0.3) is 0 Å². The maximum atomic E-state index is 11.9. The fourth-order valence-corrected chi connectivity index (χ4v) is 5.53. The monoisotopic (exact) mass is 472 g/mol. The van der Waals surface area contributed by atoms with Crippen LogP contribution in [-0.2, 0) is 24.1 Å². The number of pyridine rings is 1. The first-order valence-electron chi connectivity index (χ1n) is 11.1. The molecule has 0 aliphatic heterocycles. The van der Waals surface area contributed by atoms with E-state index in [1.165, 1.54) is 6.92 Å². The van der Waals surface area contributed by atoms with Crippen molar-refractivity contribution in [3.63, 3.8) is 0 Å². The molecule has 5 rings (SSSR count).